The highest BCUT2D eigenvalue weighted by atomic mass is 32.1. The third kappa shape index (κ3) is 3.48. The second-order valence-corrected chi connectivity index (χ2v) is 6.51. The van der Waals surface area contributed by atoms with Crippen molar-refractivity contribution in [2.24, 2.45) is 5.92 Å². The van der Waals surface area contributed by atoms with Crippen molar-refractivity contribution in [3.8, 4) is 0 Å². The molecule has 1 saturated carbocycles. The van der Waals surface area contributed by atoms with Crippen LogP contribution < -0.4 is 5.32 Å². The molecule has 0 spiro atoms. The highest BCUT2D eigenvalue weighted by Gasteiger charge is 2.44. The first-order valence-corrected chi connectivity index (χ1v) is 8.08. The molecule has 1 N–H and O–H groups in total. The minimum Gasteiger partial charge on any atom is -0.302 e. The number of Topliss-reactive ketones (excluding diaryl/α,β-unsaturated/α-hetero) is 1. The van der Waals surface area contributed by atoms with Gasteiger partial charge in [-0.05, 0) is 30.0 Å². The second-order valence-electron chi connectivity index (χ2n) is 5.65. The van der Waals surface area contributed by atoms with Gasteiger partial charge in [0.25, 0.3) is 0 Å². The van der Waals surface area contributed by atoms with E-state index in [0.717, 1.165) is 23.5 Å². The number of carbonyl (C=O) groups excluding carboxylic acids is 2. The summed E-state index contributed by atoms with van der Waals surface area (Å²) in [6.07, 6.45) is -3.78. The number of nitrogens with one attached hydrogen (secondary N) is 1. The number of hydrogen-bond donors (Lipinski definition) is 1. The van der Waals surface area contributed by atoms with Gasteiger partial charge in [0.15, 0.2) is 10.9 Å². The number of hydrogen-bond acceptors (Lipinski definition) is 4. The molecule has 0 radical (unpaired) electrons. The summed E-state index contributed by atoms with van der Waals surface area (Å²) >= 11 is 1.16. The fraction of sp³-hybridized carbons (Fsp3) is 0.312. The summed E-state index contributed by atoms with van der Waals surface area (Å²) in [5.41, 5.74) is 0.310. The van der Waals surface area contributed by atoms with Gasteiger partial charge in [-0.3, -0.25) is 9.59 Å². The third-order valence-corrected chi connectivity index (χ3v) is 4.65. The molecule has 0 saturated heterocycles. The molecule has 3 rings (SSSR count). The largest absolute Gasteiger partial charge is 0.416 e. The Morgan fingerprint density at radius 2 is 1.92 bits per heavy atom. The van der Waals surface area contributed by atoms with E-state index in [9.17, 15) is 22.8 Å². The number of alkyl halides is 3. The first-order valence-electron chi connectivity index (χ1n) is 7.20. The molecule has 2 unspecified atom stereocenters. The Balaban J connectivity index is 1.62. The number of amides is 1. The van der Waals surface area contributed by atoms with Crippen LogP contribution in [-0.2, 0) is 11.0 Å². The van der Waals surface area contributed by atoms with Crippen LogP contribution in [0.4, 0.5) is 18.3 Å². The van der Waals surface area contributed by atoms with Gasteiger partial charge >= 0.3 is 6.18 Å². The van der Waals surface area contributed by atoms with E-state index in [2.05, 4.69) is 10.3 Å². The second kappa shape index (κ2) is 6.01. The summed E-state index contributed by atoms with van der Waals surface area (Å²) in [4.78, 5) is 27.3. The smallest absolute Gasteiger partial charge is 0.302 e. The zero-order valence-corrected chi connectivity index (χ0v) is 13.4. The van der Waals surface area contributed by atoms with Crippen molar-refractivity contribution in [3.05, 3.63) is 46.5 Å². The molecule has 1 aliphatic rings. The summed E-state index contributed by atoms with van der Waals surface area (Å²) in [5, 5.41) is 4.57. The lowest BCUT2D eigenvalue weighted by molar-refractivity contribution is -0.137. The fourth-order valence-electron chi connectivity index (χ4n) is 2.46. The molecule has 1 heterocycles. The van der Waals surface area contributed by atoms with Crippen molar-refractivity contribution in [3.63, 3.8) is 0 Å². The summed E-state index contributed by atoms with van der Waals surface area (Å²) in [5.74, 6) is -0.781. The third-order valence-electron chi connectivity index (χ3n) is 3.89. The van der Waals surface area contributed by atoms with Crippen molar-refractivity contribution < 1.29 is 22.8 Å². The molecule has 2 aromatic rings. The standard InChI is InChI=1S/C16H13F3N2O2S/c1-8(22)13-7-24-15(20-13)21-14(23)12-6-11(12)9-2-4-10(5-3-9)16(17,18)19/h2-5,7,11-12H,6H2,1H3,(H,20,21,23). The van der Waals surface area contributed by atoms with Crippen LogP contribution in [0.25, 0.3) is 0 Å². The van der Waals surface area contributed by atoms with Gasteiger partial charge in [0.1, 0.15) is 5.69 Å². The molecule has 24 heavy (non-hydrogen) atoms. The number of rotatable bonds is 4. The monoisotopic (exact) mass is 354 g/mol. The molecular weight excluding hydrogens is 341 g/mol. The number of carbonyl (C=O) groups is 2. The van der Waals surface area contributed by atoms with E-state index in [4.69, 9.17) is 0 Å². The lowest BCUT2D eigenvalue weighted by Gasteiger charge is -2.07. The van der Waals surface area contributed by atoms with E-state index in [1.807, 2.05) is 0 Å². The van der Waals surface area contributed by atoms with Gasteiger partial charge in [0, 0.05) is 18.2 Å². The van der Waals surface area contributed by atoms with Gasteiger partial charge in [-0.15, -0.1) is 11.3 Å². The van der Waals surface area contributed by atoms with Gasteiger partial charge in [-0.25, -0.2) is 4.98 Å². The maximum atomic E-state index is 12.5. The molecule has 0 bridgehead atoms. The zero-order valence-electron chi connectivity index (χ0n) is 12.6. The van der Waals surface area contributed by atoms with E-state index in [0.29, 0.717) is 22.8 Å². The highest BCUT2D eigenvalue weighted by molar-refractivity contribution is 7.14. The molecule has 0 aliphatic heterocycles. The van der Waals surface area contributed by atoms with Crippen LogP contribution >= 0.6 is 11.3 Å². The Kier molecular flexibility index (Phi) is 4.16. The molecular formula is C16H13F3N2O2S. The Morgan fingerprint density at radius 3 is 2.46 bits per heavy atom. The minimum absolute atomic E-state index is 0.0838. The molecule has 1 aromatic heterocycles. The van der Waals surface area contributed by atoms with Gasteiger partial charge in [0.2, 0.25) is 5.91 Å². The summed E-state index contributed by atoms with van der Waals surface area (Å²) in [6, 6.07) is 4.89. The van der Waals surface area contributed by atoms with E-state index in [1.54, 1.807) is 5.38 Å². The molecule has 2 atom stereocenters. The minimum atomic E-state index is -4.36. The van der Waals surface area contributed by atoms with E-state index >= 15 is 0 Å². The van der Waals surface area contributed by atoms with Crippen LogP contribution in [0, 0.1) is 5.92 Å². The van der Waals surface area contributed by atoms with Crippen LogP contribution in [0.5, 0.6) is 0 Å². The SMILES string of the molecule is CC(=O)c1csc(NC(=O)C2CC2c2ccc(C(F)(F)F)cc2)n1. The first kappa shape index (κ1) is 16.6. The number of anilines is 1. The number of nitrogens with zero attached hydrogens (tertiary/aromatic N) is 1. The van der Waals surface area contributed by atoms with Crippen LogP contribution in [0.1, 0.15) is 40.9 Å². The average molecular weight is 354 g/mol. The van der Waals surface area contributed by atoms with Crippen LogP contribution in [-0.4, -0.2) is 16.7 Å². The maximum absolute atomic E-state index is 12.5. The summed E-state index contributed by atoms with van der Waals surface area (Å²) in [7, 11) is 0. The van der Waals surface area contributed by atoms with E-state index < -0.39 is 11.7 Å². The zero-order chi connectivity index (χ0) is 17.5. The quantitative estimate of drug-likeness (QED) is 0.841. The predicted molar refractivity (Wildman–Crippen MR) is 83.0 cm³/mol. The van der Waals surface area contributed by atoms with Crippen LogP contribution in [0.2, 0.25) is 0 Å². The molecule has 1 amide bonds. The normalized spacial score (nSPS) is 19.8. The lowest BCUT2D eigenvalue weighted by atomic mass is 10.1. The number of halogens is 3. The Morgan fingerprint density at radius 1 is 1.25 bits per heavy atom. The van der Waals surface area contributed by atoms with Gasteiger partial charge in [-0.1, -0.05) is 12.1 Å². The molecule has 8 heteroatoms. The average Bonchev–Trinajstić information content (AvgIpc) is 3.18. The summed E-state index contributed by atoms with van der Waals surface area (Å²) < 4.78 is 37.6. The van der Waals surface area contributed by atoms with Crippen molar-refractivity contribution in [2.75, 3.05) is 5.32 Å². The number of ketones is 1. The van der Waals surface area contributed by atoms with Crippen LogP contribution in [0.3, 0.4) is 0 Å². The molecule has 1 fully saturated rings. The molecule has 1 aromatic carbocycles. The fourth-order valence-corrected chi connectivity index (χ4v) is 3.22. The van der Waals surface area contributed by atoms with Gasteiger partial charge in [-0.2, -0.15) is 13.2 Å². The van der Waals surface area contributed by atoms with Crippen molar-refractivity contribution in [1.82, 2.24) is 4.98 Å². The molecule has 126 valence electrons. The number of benzene rings is 1. The molecule has 1 aliphatic carbocycles. The Hall–Kier alpha value is -2.22. The predicted octanol–water partition coefficient (Wildman–Crippen LogP) is 4.11. The van der Waals surface area contributed by atoms with Crippen molar-refractivity contribution in [1.29, 1.82) is 0 Å². The van der Waals surface area contributed by atoms with Crippen molar-refractivity contribution in [2.45, 2.75) is 25.4 Å². The summed E-state index contributed by atoms with van der Waals surface area (Å²) in [6.45, 7) is 1.39. The van der Waals surface area contributed by atoms with Crippen LogP contribution in [0.15, 0.2) is 29.6 Å². The first-order chi connectivity index (χ1) is 11.3. The highest BCUT2D eigenvalue weighted by Crippen LogP contribution is 2.48. The van der Waals surface area contributed by atoms with E-state index in [1.165, 1.54) is 19.1 Å². The lowest BCUT2D eigenvalue weighted by Crippen LogP contribution is -2.14. The van der Waals surface area contributed by atoms with E-state index in [-0.39, 0.29) is 23.5 Å². The number of aromatic nitrogens is 1. The Labute approximate surface area is 139 Å². The Bertz CT molecular complexity index is 783. The van der Waals surface area contributed by atoms with Gasteiger partial charge < -0.3 is 5.32 Å². The maximum Gasteiger partial charge on any atom is 0.416 e. The topological polar surface area (TPSA) is 59.1 Å². The van der Waals surface area contributed by atoms with Crippen molar-refractivity contribution >= 4 is 28.2 Å². The number of thiazole rings is 1. The molecule has 4 nitrogen and oxygen atoms in total. The van der Waals surface area contributed by atoms with Gasteiger partial charge in [0.05, 0.1) is 5.56 Å².